The molecule has 5 heterocycles. The summed E-state index contributed by atoms with van der Waals surface area (Å²) in [6, 6.07) is 4.99. The first-order valence-corrected chi connectivity index (χ1v) is 20.8. The molecule has 1 unspecified atom stereocenters. The first-order chi connectivity index (χ1) is 28.3. The maximum absolute atomic E-state index is 14.5. The number of oxime groups is 1. The van der Waals surface area contributed by atoms with Crippen molar-refractivity contribution in [3.63, 3.8) is 0 Å². The summed E-state index contributed by atoms with van der Waals surface area (Å²) in [5.74, 6) is -4.81. The first kappa shape index (κ1) is 47.1. The van der Waals surface area contributed by atoms with Crippen molar-refractivity contribution in [3.05, 3.63) is 36.3 Å². The van der Waals surface area contributed by atoms with Gasteiger partial charge in [0, 0.05) is 48.3 Å². The number of amides is 1. The number of ether oxygens (including phenoxy) is 5. The Hall–Kier alpha value is -3.97. The highest BCUT2D eigenvalue weighted by molar-refractivity contribution is 6.00. The number of rotatable bonds is 8. The number of aliphatic hydroxyl groups excluding tert-OH is 1. The van der Waals surface area contributed by atoms with Crippen molar-refractivity contribution in [2.45, 2.75) is 142 Å². The Morgan fingerprint density at radius 1 is 1.07 bits per heavy atom. The highest BCUT2D eigenvalue weighted by Crippen LogP contribution is 2.40. The van der Waals surface area contributed by atoms with Crippen LogP contribution in [0.4, 0.5) is 0 Å². The Morgan fingerprint density at radius 2 is 1.80 bits per heavy atom. The number of ketones is 1. The zero-order chi connectivity index (χ0) is 44.1. The van der Waals surface area contributed by atoms with Crippen molar-refractivity contribution < 1.29 is 57.6 Å². The molecule has 0 saturated carbocycles. The number of esters is 1. The standard InChI is InChI=1S/C43H63N5O12/c1-12-34-43(9,53)39-25(4)35(46-28(7)49)23(2)18-42(8,55-21-31(20-54-39)47-56-22-30-14-13-29(19-44-30)33-15-16-45-60-33)38(26(5)36(50)27(6)40(52)58-34)59-41-37(51)32(48(10)11)17-24(3)57-41/h13-16,19,23-27,32,34,37-39,41,51,53H,12,17-18,20-22H2,1-11H3/b46-35?,47-31+/t23-,24-,25+,26+,27-,32+,34-,37-,38-,39-,41?,42-,43-/m1/s1. The van der Waals surface area contributed by atoms with E-state index in [0.29, 0.717) is 23.6 Å². The van der Waals surface area contributed by atoms with E-state index in [0.717, 1.165) is 5.56 Å². The molecule has 0 aliphatic carbocycles. The van der Waals surface area contributed by atoms with Crippen LogP contribution in [-0.4, -0.2) is 136 Å². The van der Waals surface area contributed by atoms with Gasteiger partial charge in [0.25, 0.3) is 0 Å². The van der Waals surface area contributed by atoms with Crippen LogP contribution in [0, 0.1) is 23.7 Å². The molecule has 2 bridgehead atoms. The van der Waals surface area contributed by atoms with Crippen molar-refractivity contribution in [3.8, 4) is 11.3 Å². The molecule has 17 heteroatoms. The summed E-state index contributed by atoms with van der Waals surface area (Å²) in [5.41, 5.74) is -1.30. The number of carbonyl (C=O) groups excluding carboxylic acids is 3. The molecule has 3 fully saturated rings. The van der Waals surface area contributed by atoms with Gasteiger partial charge in [0.2, 0.25) is 5.91 Å². The highest BCUT2D eigenvalue weighted by Gasteiger charge is 2.53. The monoisotopic (exact) mass is 841 g/mol. The molecule has 2 aromatic rings. The number of carbonyl (C=O) groups is 3. The highest BCUT2D eigenvalue weighted by atomic mass is 16.7. The number of Topliss-reactive ketones (excluding diaryl/α,β-unsaturated/α-hetero) is 1. The van der Waals surface area contributed by atoms with Crippen LogP contribution in [0.25, 0.3) is 11.3 Å². The minimum atomic E-state index is -1.86. The smallest absolute Gasteiger partial charge is 0.316 e. The third-order valence-corrected chi connectivity index (χ3v) is 12.1. The summed E-state index contributed by atoms with van der Waals surface area (Å²) in [6.07, 6.45) is -2.01. The number of likely N-dealkylation sites (N-methyl/N-ethyl adjacent to an activating group) is 1. The lowest BCUT2D eigenvalue weighted by molar-refractivity contribution is -0.296. The average Bonchev–Trinajstić information content (AvgIpc) is 3.74. The lowest BCUT2D eigenvalue weighted by Crippen LogP contribution is -2.60. The molecule has 0 radical (unpaired) electrons. The predicted octanol–water partition coefficient (Wildman–Crippen LogP) is 4.17. The lowest BCUT2D eigenvalue weighted by Gasteiger charge is -2.47. The van der Waals surface area contributed by atoms with Crippen molar-refractivity contribution in [1.29, 1.82) is 0 Å². The third-order valence-electron chi connectivity index (χ3n) is 12.1. The second-order valence-electron chi connectivity index (χ2n) is 17.2. The van der Waals surface area contributed by atoms with E-state index in [1.165, 1.54) is 20.8 Å². The summed E-state index contributed by atoms with van der Waals surface area (Å²) in [5, 5.41) is 32.3. The van der Waals surface area contributed by atoms with Crippen LogP contribution in [0.5, 0.6) is 0 Å². The second-order valence-corrected chi connectivity index (χ2v) is 17.2. The summed E-state index contributed by atoms with van der Waals surface area (Å²) in [4.78, 5) is 57.9. The second kappa shape index (κ2) is 19.8. The lowest BCUT2D eigenvalue weighted by atomic mass is 9.73. The van der Waals surface area contributed by atoms with Gasteiger partial charge in [-0.2, -0.15) is 0 Å². The van der Waals surface area contributed by atoms with E-state index in [2.05, 4.69) is 20.3 Å². The van der Waals surface area contributed by atoms with Crippen molar-refractivity contribution >= 4 is 29.1 Å². The van der Waals surface area contributed by atoms with Gasteiger partial charge in [0.1, 0.15) is 29.4 Å². The number of hydrogen-bond donors (Lipinski definition) is 2. The Balaban J connectivity index is 1.63. The van der Waals surface area contributed by atoms with Crippen LogP contribution in [0.15, 0.2) is 45.3 Å². The third kappa shape index (κ3) is 10.7. The quantitative estimate of drug-likeness (QED) is 0.217. The molecule has 60 heavy (non-hydrogen) atoms. The summed E-state index contributed by atoms with van der Waals surface area (Å²) >= 11 is 0. The largest absolute Gasteiger partial charge is 0.459 e. The number of hydrogen-bond acceptors (Lipinski definition) is 16. The van der Waals surface area contributed by atoms with Crippen LogP contribution in [-0.2, 0) is 49.5 Å². The van der Waals surface area contributed by atoms with E-state index >= 15 is 0 Å². The van der Waals surface area contributed by atoms with Gasteiger partial charge in [-0.05, 0) is 79.1 Å². The van der Waals surface area contributed by atoms with E-state index in [1.807, 2.05) is 38.9 Å². The summed E-state index contributed by atoms with van der Waals surface area (Å²) in [7, 11) is 3.72. The number of cyclic esters (lactones) is 1. The topological polar surface area (TPSA) is 214 Å². The predicted molar refractivity (Wildman–Crippen MR) is 219 cm³/mol. The zero-order valence-electron chi connectivity index (χ0n) is 36.7. The number of aliphatic imine (C=N–C) groups is 1. The molecular formula is C43H63N5O12. The van der Waals surface area contributed by atoms with Crippen LogP contribution in [0.1, 0.15) is 87.3 Å². The van der Waals surface area contributed by atoms with E-state index < -0.39 is 83.2 Å². The Kier molecular flexibility index (Phi) is 15.6. The van der Waals surface area contributed by atoms with Gasteiger partial charge in [0.05, 0.1) is 49.0 Å². The average molecular weight is 842 g/mol. The molecule has 1 amide bonds. The maximum Gasteiger partial charge on any atom is 0.316 e. The number of aliphatic hydroxyl groups is 2. The molecule has 0 spiro atoms. The minimum Gasteiger partial charge on any atom is -0.459 e. The number of aromatic nitrogens is 2. The molecule has 2 N–H and O–H groups in total. The van der Waals surface area contributed by atoms with Gasteiger partial charge in [-0.15, -0.1) is 0 Å². The van der Waals surface area contributed by atoms with Gasteiger partial charge < -0.3 is 48.2 Å². The van der Waals surface area contributed by atoms with Crippen LogP contribution in [0.3, 0.4) is 0 Å². The molecule has 3 aliphatic rings. The molecule has 2 aromatic heterocycles. The summed E-state index contributed by atoms with van der Waals surface area (Å²) in [6.45, 7) is 14.6. The Labute approximate surface area is 352 Å². The van der Waals surface area contributed by atoms with Crippen LogP contribution < -0.4 is 0 Å². The first-order valence-electron chi connectivity index (χ1n) is 20.8. The minimum absolute atomic E-state index is 0.0212. The molecule has 3 aliphatic heterocycles. The van der Waals surface area contributed by atoms with Crippen LogP contribution >= 0.6 is 0 Å². The SMILES string of the molecule is CC[C@H]1OC(=O)[C@H](C)C(=O)[C@H](C)[C@@H](OC2O[C@H](C)C[C@H](N(C)C)[C@H]2O)[C@@]2(C)C[C@@H](C)C(=NC(C)=O)[C@H](C)[C@@H](OC/C(=N\OCc3ccc(-c4ccno4)cn3)CO2)[C@]1(C)O. The van der Waals surface area contributed by atoms with Gasteiger partial charge in [-0.1, -0.05) is 38.0 Å². The molecule has 5 rings (SSSR count). The Morgan fingerprint density at radius 3 is 2.42 bits per heavy atom. The number of pyridine rings is 1. The van der Waals surface area contributed by atoms with Crippen molar-refractivity contribution in [2.24, 2.45) is 33.8 Å². The van der Waals surface area contributed by atoms with Crippen molar-refractivity contribution in [1.82, 2.24) is 15.0 Å². The number of fused-ring (bicyclic) bond motifs is 5. The number of nitrogens with zero attached hydrogens (tertiary/aromatic N) is 5. The molecular weight excluding hydrogens is 778 g/mol. The van der Waals surface area contributed by atoms with Gasteiger partial charge in [-0.3, -0.25) is 19.4 Å². The van der Waals surface area contributed by atoms with Gasteiger partial charge >= 0.3 is 5.97 Å². The molecule has 0 aromatic carbocycles. The molecule has 17 nitrogen and oxygen atoms in total. The normalized spacial score (nSPS) is 37.6. The van der Waals surface area contributed by atoms with Crippen LogP contribution in [0.2, 0.25) is 0 Å². The Bertz CT molecular complexity index is 1830. The van der Waals surface area contributed by atoms with Gasteiger partial charge in [-0.25, -0.2) is 4.99 Å². The zero-order valence-corrected chi connectivity index (χ0v) is 36.7. The van der Waals surface area contributed by atoms with Crippen molar-refractivity contribution in [2.75, 3.05) is 27.3 Å². The van der Waals surface area contributed by atoms with E-state index in [4.69, 9.17) is 33.0 Å². The van der Waals surface area contributed by atoms with E-state index in [1.54, 1.807) is 52.2 Å². The fourth-order valence-corrected chi connectivity index (χ4v) is 8.82. The summed E-state index contributed by atoms with van der Waals surface area (Å²) < 4.78 is 37.6. The van der Waals surface area contributed by atoms with E-state index in [9.17, 15) is 24.6 Å². The van der Waals surface area contributed by atoms with E-state index in [-0.39, 0.29) is 50.5 Å². The molecule has 13 atom stereocenters. The molecule has 332 valence electrons. The van der Waals surface area contributed by atoms with Gasteiger partial charge in [0.15, 0.2) is 24.4 Å². The fourth-order valence-electron chi connectivity index (χ4n) is 8.82. The maximum atomic E-state index is 14.5. The molecule has 3 saturated heterocycles. The fraction of sp³-hybridized carbons (Fsp3) is 0.698.